The Balaban J connectivity index is 0.000000306. The van der Waals surface area contributed by atoms with E-state index in [9.17, 15) is 31.9 Å². The average Bonchev–Trinajstić information content (AvgIpc) is 3.85. The molecule has 0 radical (unpaired) electrons. The van der Waals surface area contributed by atoms with E-state index in [2.05, 4.69) is 10.2 Å². The van der Waals surface area contributed by atoms with Crippen LogP contribution in [0.3, 0.4) is 0 Å². The fourth-order valence-electron chi connectivity index (χ4n) is 5.30. The van der Waals surface area contributed by atoms with Gasteiger partial charge in [-0.3, -0.25) is 14.3 Å². The van der Waals surface area contributed by atoms with E-state index >= 15 is 0 Å². The molecule has 2 aromatic heterocycles. The molecule has 5 rings (SSSR count). The maximum Gasteiger partial charge on any atom is 0.313 e. The normalized spacial score (nSPS) is 13.7. The summed E-state index contributed by atoms with van der Waals surface area (Å²) in [5.41, 5.74) is 2.03. The van der Waals surface area contributed by atoms with Crippen molar-refractivity contribution in [2.24, 2.45) is 0 Å². The lowest BCUT2D eigenvalue weighted by atomic mass is 9.97. The lowest BCUT2D eigenvalue weighted by Gasteiger charge is -2.23. The molecule has 276 valence electrons. The Morgan fingerprint density at radius 3 is 1.96 bits per heavy atom. The van der Waals surface area contributed by atoms with Crippen LogP contribution in [0.15, 0.2) is 72.0 Å². The Morgan fingerprint density at radius 2 is 1.45 bits per heavy atom. The molecule has 0 spiro atoms. The summed E-state index contributed by atoms with van der Waals surface area (Å²) in [6, 6.07) is 13.9. The van der Waals surface area contributed by atoms with Crippen LogP contribution in [0.5, 0.6) is 11.5 Å². The van der Waals surface area contributed by atoms with Crippen molar-refractivity contribution in [1.29, 1.82) is 0 Å². The van der Waals surface area contributed by atoms with E-state index in [-0.39, 0.29) is 23.9 Å². The Hall–Kier alpha value is -4.87. The lowest BCUT2D eigenvalue weighted by Crippen LogP contribution is -2.33. The monoisotopic (exact) mass is 733 g/mol. The number of carbonyl (C=O) groups is 2. The fourth-order valence-corrected chi connectivity index (χ4v) is 6.42. The number of amides is 1. The van der Waals surface area contributed by atoms with Crippen LogP contribution in [0.4, 0.5) is 8.78 Å². The first-order chi connectivity index (χ1) is 24.4. The van der Waals surface area contributed by atoms with Crippen molar-refractivity contribution in [3.63, 3.8) is 0 Å². The molecule has 4 aromatic rings. The van der Waals surface area contributed by atoms with E-state index in [4.69, 9.17) is 19.7 Å². The highest BCUT2D eigenvalue weighted by Crippen LogP contribution is 2.32. The third kappa shape index (κ3) is 9.47. The number of para-hydroxylation sites is 2. The number of aliphatic hydroxyl groups is 2. The van der Waals surface area contributed by atoms with Gasteiger partial charge in [0.05, 0.1) is 50.8 Å². The first kappa shape index (κ1) is 38.9. The topological polar surface area (TPSA) is 186 Å². The summed E-state index contributed by atoms with van der Waals surface area (Å²) in [6.45, 7) is 3.56. The highest BCUT2D eigenvalue weighted by molar-refractivity contribution is 7.89. The molecule has 0 fully saturated rings. The molecule has 2 atom stereocenters. The van der Waals surface area contributed by atoms with Gasteiger partial charge in [-0.1, -0.05) is 50.2 Å². The number of hydrogen-bond donors (Lipinski definition) is 3. The number of ether oxygens (including phenoxy) is 2. The van der Waals surface area contributed by atoms with E-state index in [1.54, 1.807) is 48.5 Å². The van der Waals surface area contributed by atoms with Crippen molar-refractivity contribution < 1.29 is 51.6 Å². The van der Waals surface area contributed by atoms with Gasteiger partial charge < -0.3 is 29.7 Å². The SMILES string of the molecule is CCCOc1ccccc1C(CO)C(=O)N1Cc2cn(S(=O)(=O)c3cnn(CC(F)F)c3)nc2C1.CCCOc1ccccc1C(CO)C(=O)O. The van der Waals surface area contributed by atoms with Gasteiger partial charge >= 0.3 is 5.97 Å². The Bertz CT molecular complexity index is 1860. The van der Waals surface area contributed by atoms with Crippen LogP contribution >= 0.6 is 0 Å². The lowest BCUT2D eigenvalue weighted by molar-refractivity contribution is -0.139. The van der Waals surface area contributed by atoms with E-state index in [0.717, 1.165) is 34.0 Å². The minimum atomic E-state index is -4.13. The first-order valence-corrected chi connectivity index (χ1v) is 17.7. The highest BCUT2D eigenvalue weighted by atomic mass is 32.2. The highest BCUT2D eigenvalue weighted by Gasteiger charge is 2.34. The molecule has 0 bridgehead atoms. The van der Waals surface area contributed by atoms with Crippen molar-refractivity contribution in [1.82, 2.24) is 23.9 Å². The second-order valence-corrected chi connectivity index (χ2v) is 13.3. The molecular formula is C34H41F2N5O9S. The molecule has 1 aliphatic rings. The van der Waals surface area contributed by atoms with Gasteiger partial charge in [-0.15, -0.1) is 0 Å². The number of hydrogen-bond acceptors (Lipinski definition) is 10. The van der Waals surface area contributed by atoms with Crippen LogP contribution in [0.25, 0.3) is 0 Å². The van der Waals surface area contributed by atoms with Crippen molar-refractivity contribution in [2.75, 3.05) is 26.4 Å². The van der Waals surface area contributed by atoms with Crippen LogP contribution in [-0.4, -0.2) is 92.3 Å². The van der Waals surface area contributed by atoms with E-state index in [1.165, 1.54) is 11.1 Å². The van der Waals surface area contributed by atoms with E-state index < -0.39 is 54.0 Å². The van der Waals surface area contributed by atoms with Crippen LogP contribution < -0.4 is 9.47 Å². The van der Waals surface area contributed by atoms with E-state index in [0.29, 0.717) is 47.1 Å². The fraction of sp³-hybridized carbons (Fsp3) is 0.412. The van der Waals surface area contributed by atoms with Crippen LogP contribution in [-0.2, 0) is 39.2 Å². The predicted octanol–water partition coefficient (Wildman–Crippen LogP) is 3.62. The molecule has 2 aromatic carbocycles. The summed E-state index contributed by atoms with van der Waals surface area (Å²) in [6.07, 6.45) is 2.28. The molecule has 51 heavy (non-hydrogen) atoms. The van der Waals surface area contributed by atoms with Crippen molar-refractivity contribution in [3.05, 3.63) is 89.5 Å². The molecule has 14 nitrogen and oxygen atoms in total. The second-order valence-electron chi connectivity index (χ2n) is 11.5. The van der Waals surface area contributed by atoms with Gasteiger partial charge in [0.2, 0.25) is 5.91 Å². The van der Waals surface area contributed by atoms with E-state index in [1.807, 2.05) is 13.8 Å². The van der Waals surface area contributed by atoms with Gasteiger partial charge in [-0.2, -0.15) is 22.7 Å². The summed E-state index contributed by atoms with van der Waals surface area (Å²) >= 11 is 0. The number of aliphatic hydroxyl groups excluding tert-OH is 2. The van der Waals surface area contributed by atoms with Gasteiger partial charge in [0.1, 0.15) is 28.9 Å². The minimum Gasteiger partial charge on any atom is -0.493 e. The number of carbonyl (C=O) groups excluding carboxylic acids is 1. The summed E-state index contributed by atoms with van der Waals surface area (Å²) < 4.78 is 63.6. The summed E-state index contributed by atoms with van der Waals surface area (Å²) in [5.74, 6) is -2.08. The first-order valence-electron chi connectivity index (χ1n) is 16.2. The predicted molar refractivity (Wildman–Crippen MR) is 179 cm³/mol. The molecule has 1 amide bonds. The minimum absolute atomic E-state index is 0.0653. The van der Waals surface area contributed by atoms with Crippen LogP contribution in [0.2, 0.25) is 0 Å². The third-order valence-electron chi connectivity index (χ3n) is 7.82. The van der Waals surface area contributed by atoms with Gasteiger partial charge in [0.25, 0.3) is 16.4 Å². The van der Waals surface area contributed by atoms with Crippen LogP contribution in [0.1, 0.15) is 60.9 Å². The quantitative estimate of drug-likeness (QED) is 0.153. The molecule has 0 saturated heterocycles. The number of rotatable bonds is 16. The zero-order chi connectivity index (χ0) is 37.1. The summed E-state index contributed by atoms with van der Waals surface area (Å²) in [5, 5.41) is 35.8. The summed E-state index contributed by atoms with van der Waals surface area (Å²) in [7, 11) is -4.13. The largest absolute Gasteiger partial charge is 0.493 e. The second kappa shape index (κ2) is 17.9. The molecule has 3 N–H and O–H groups in total. The van der Waals surface area contributed by atoms with Crippen LogP contribution in [0, 0.1) is 0 Å². The molecule has 3 heterocycles. The molecule has 1 aliphatic heterocycles. The molecule has 0 saturated carbocycles. The Kier molecular flexibility index (Phi) is 13.6. The third-order valence-corrected chi connectivity index (χ3v) is 9.31. The molecule has 17 heteroatoms. The number of aromatic nitrogens is 4. The van der Waals surface area contributed by atoms with Gasteiger partial charge in [0, 0.05) is 35.6 Å². The van der Waals surface area contributed by atoms with Gasteiger partial charge in [-0.25, -0.2) is 8.78 Å². The van der Waals surface area contributed by atoms with Crippen molar-refractivity contribution in [2.45, 2.75) is 69.5 Å². The zero-order valence-corrected chi connectivity index (χ0v) is 29.0. The zero-order valence-electron chi connectivity index (χ0n) is 28.1. The average molecular weight is 734 g/mol. The molecular weight excluding hydrogens is 692 g/mol. The van der Waals surface area contributed by atoms with Gasteiger partial charge in [0.15, 0.2) is 0 Å². The molecule has 2 unspecified atom stereocenters. The molecule has 0 aliphatic carbocycles. The maximum absolute atomic E-state index is 13.2. The number of fused-ring (bicyclic) bond motifs is 1. The smallest absolute Gasteiger partial charge is 0.313 e. The van der Waals surface area contributed by atoms with Gasteiger partial charge in [-0.05, 0) is 25.0 Å². The van der Waals surface area contributed by atoms with Crippen molar-refractivity contribution in [3.8, 4) is 11.5 Å². The van der Waals surface area contributed by atoms with Crippen molar-refractivity contribution >= 4 is 21.9 Å². The summed E-state index contributed by atoms with van der Waals surface area (Å²) in [4.78, 5) is 25.4. The number of benzene rings is 2. The standard InChI is InChI=1S/C22H25F2N5O5S.C12H16O4/c1-2-7-34-20-6-4-3-5-17(20)18(14-30)22(31)27-9-15-10-29(26-19(15)12-27)35(32,33)16-8-25-28(11-16)13-21(23)24;1-2-7-16-11-6-4-3-5-9(11)10(8-13)12(14)15/h3-6,8,10-11,18,21,30H,2,7,9,12-14H2,1H3;3-6,10,13H,2,7-8H2,1H3,(H,14,15). The number of aliphatic carboxylic acids is 1. The number of carboxylic acids is 1. The number of carboxylic acid groups (broad SMARTS) is 1. The Labute approximate surface area is 293 Å². The number of halogens is 2. The Morgan fingerprint density at radius 1 is 0.882 bits per heavy atom. The number of nitrogens with zero attached hydrogens (tertiary/aromatic N) is 5. The maximum atomic E-state index is 13.2. The number of alkyl halides is 2.